The van der Waals surface area contributed by atoms with Gasteiger partial charge in [0.15, 0.2) is 0 Å². The summed E-state index contributed by atoms with van der Waals surface area (Å²) in [5.41, 5.74) is 5.95. The number of pyridine rings is 1. The van der Waals surface area contributed by atoms with Gasteiger partial charge < -0.3 is 15.8 Å². The van der Waals surface area contributed by atoms with E-state index in [-0.39, 0.29) is 12.3 Å². The Labute approximate surface area is 120 Å². The van der Waals surface area contributed by atoms with Crippen molar-refractivity contribution >= 4 is 28.2 Å². The molecule has 0 radical (unpaired) electrons. The summed E-state index contributed by atoms with van der Waals surface area (Å²) in [5.74, 6) is -0.528. The topological polar surface area (TPSA) is 120 Å². The van der Waals surface area contributed by atoms with Crippen molar-refractivity contribution < 1.29 is 14.5 Å². The lowest BCUT2D eigenvalue weighted by molar-refractivity contribution is -0.383. The van der Waals surface area contributed by atoms with Crippen LogP contribution in [0.25, 0.3) is 10.9 Å². The molecule has 1 amide bonds. The molecule has 0 saturated carbocycles. The molecule has 1 heterocycles. The monoisotopic (exact) mass is 290 g/mol. The van der Waals surface area contributed by atoms with Crippen molar-refractivity contribution in [2.75, 3.05) is 25.1 Å². The van der Waals surface area contributed by atoms with Gasteiger partial charge in [0, 0.05) is 29.9 Å². The number of aromatic nitrogens is 1. The van der Waals surface area contributed by atoms with Crippen LogP contribution in [-0.2, 0) is 9.53 Å². The van der Waals surface area contributed by atoms with Crippen LogP contribution >= 0.6 is 0 Å². The van der Waals surface area contributed by atoms with E-state index >= 15 is 0 Å². The van der Waals surface area contributed by atoms with Gasteiger partial charge in [-0.3, -0.25) is 14.9 Å². The van der Waals surface area contributed by atoms with E-state index < -0.39 is 10.8 Å². The van der Waals surface area contributed by atoms with Gasteiger partial charge in [0.05, 0.1) is 11.5 Å². The molecule has 21 heavy (non-hydrogen) atoms. The quantitative estimate of drug-likeness (QED) is 0.447. The Morgan fingerprint density at radius 2 is 2.24 bits per heavy atom. The number of anilines is 1. The molecule has 2 aromatic rings. The number of benzene rings is 1. The van der Waals surface area contributed by atoms with Gasteiger partial charge in [0.25, 0.3) is 5.69 Å². The molecular weight excluding hydrogens is 276 g/mol. The van der Waals surface area contributed by atoms with Gasteiger partial charge >= 0.3 is 0 Å². The zero-order valence-electron chi connectivity index (χ0n) is 11.1. The molecule has 8 heteroatoms. The second kappa shape index (κ2) is 6.62. The van der Waals surface area contributed by atoms with E-state index in [0.29, 0.717) is 29.7 Å². The molecule has 2 rings (SSSR count). The lowest BCUT2D eigenvalue weighted by atomic mass is 10.1. The SMILES string of the molecule is NC(=O)COCCNc1ccc([N+](=O)[O-])c2ncccc12. The molecule has 1 aromatic heterocycles. The van der Waals surface area contributed by atoms with Gasteiger partial charge in [-0.05, 0) is 18.2 Å². The summed E-state index contributed by atoms with van der Waals surface area (Å²) in [5, 5.41) is 14.7. The largest absolute Gasteiger partial charge is 0.382 e. The minimum atomic E-state index is -0.528. The summed E-state index contributed by atoms with van der Waals surface area (Å²) in [4.78, 5) is 25.1. The maximum Gasteiger partial charge on any atom is 0.295 e. The van der Waals surface area contributed by atoms with Crippen LogP contribution in [0.2, 0.25) is 0 Å². The van der Waals surface area contributed by atoms with Crippen molar-refractivity contribution in [3.8, 4) is 0 Å². The summed E-state index contributed by atoms with van der Waals surface area (Å²) in [6.07, 6.45) is 1.51. The number of carbonyl (C=O) groups is 1. The van der Waals surface area contributed by atoms with Crippen molar-refractivity contribution in [1.29, 1.82) is 0 Å². The van der Waals surface area contributed by atoms with Crippen LogP contribution in [-0.4, -0.2) is 35.6 Å². The Kier molecular flexibility index (Phi) is 4.62. The zero-order valence-corrected chi connectivity index (χ0v) is 11.1. The minimum Gasteiger partial charge on any atom is -0.382 e. The van der Waals surface area contributed by atoms with Gasteiger partial charge in [-0.25, -0.2) is 4.98 Å². The number of nitrogens with two attached hydrogens (primary N) is 1. The predicted molar refractivity (Wildman–Crippen MR) is 76.9 cm³/mol. The van der Waals surface area contributed by atoms with Crippen molar-refractivity contribution in [3.05, 3.63) is 40.6 Å². The van der Waals surface area contributed by atoms with E-state index in [1.165, 1.54) is 12.3 Å². The first-order valence-electron chi connectivity index (χ1n) is 6.21. The number of carbonyl (C=O) groups excluding carboxylic acids is 1. The highest BCUT2D eigenvalue weighted by atomic mass is 16.6. The van der Waals surface area contributed by atoms with E-state index in [2.05, 4.69) is 10.3 Å². The molecule has 0 saturated heterocycles. The highest BCUT2D eigenvalue weighted by Gasteiger charge is 2.14. The molecule has 0 atom stereocenters. The van der Waals surface area contributed by atoms with Crippen molar-refractivity contribution in [1.82, 2.24) is 4.98 Å². The third-order valence-corrected chi connectivity index (χ3v) is 2.75. The average molecular weight is 290 g/mol. The molecule has 1 aromatic carbocycles. The van der Waals surface area contributed by atoms with E-state index in [1.54, 1.807) is 18.2 Å². The number of rotatable bonds is 7. The first kappa shape index (κ1) is 14.7. The summed E-state index contributed by atoms with van der Waals surface area (Å²) >= 11 is 0. The number of nitro benzene ring substituents is 1. The van der Waals surface area contributed by atoms with Crippen LogP contribution in [0, 0.1) is 10.1 Å². The number of hydrogen-bond acceptors (Lipinski definition) is 6. The maximum atomic E-state index is 11.0. The minimum absolute atomic E-state index is 0.0406. The van der Waals surface area contributed by atoms with Crippen LogP contribution in [0.15, 0.2) is 30.5 Å². The van der Waals surface area contributed by atoms with Crippen molar-refractivity contribution in [2.45, 2.75) is 0 Å². The fourth-order valence-electron chi connectivity index (χ4n) is 1.89. The van der Waals surface area contributed by atoms with E-state index in [1.807, 2.05) is 0 Å². The fourth-order valence-corrected chi connectivity index (χ4v) is 1.89. The number of nitrogens with one attached hydrogen (secondary N) is 1. The maximum absolute atomic E-state index is 11.0. The smallest absolute Gasteiger partial charge is 0.295 e. The Morgan fingerprint density at radius 3 is 2.95 bits per heavy atom. The third-order valence-electron chi connectivity index (χ3n) is 2.75. The van der Waals surface area contributed by atoms with Gasteiger partial charge in [-0.15, -0.1) is 0 Å². The Bertz CT molecular complexity index is 674. The van der Waals surface area contributed by atoms with Crippen LogP contribution in [0.5, 0.6) is 0 Å². The molecule has 0 aliphatic carbocycles. The van der Waals surface area contributed by atoms with E-state index in [4.69, 9.17) is 10.5 Å². The highest BCUT2D eigenvalue weighted by Crippen LogP contribution is 2.29. The van der Waals surface area contributed by atoms with Gasteiger partial charge in [-0.2, -0.15) is 0 Å². The van der Waals surface area contributed by atoms with E-state index in [0.717, 1.165) is 0 Å². The fraction of sp³-hybridized carbons (Fsp3) is 0.231. The number of non-ortho nitro benzene ring substituents is 1. The Balaban J connectivity index is 2.12. The van der Waals surface area contributed by atoms with E-state index in [9.17, 15) is 14.9 Å². The molecule has 0 fully saturated rings. The Morgan fingerprint density at radius 1 is 1.43 bits per heavy atom. The number of nitro groups is 1. The van der Waals surface area contributed by atoms with Crippen molar-refractivity contribution in [3.63, 3.8) is 0 Å². The first-order chi connectivity index (χ1) is 10.1. The molecule has 110 valence electrons. The molecule has 0 bridgehead atoms. The third kappa shape index (κ3) is 3.63. The molecule has 0 aliphatic rings. The Hall–Kier alpha value is -2.74. The second-order valence-corrected chi connectivity index (χ2v) is 4.23. The summed E-state index contributed by atoms with van der Waals surface area (Å²) < 4.78 is 5.03. The van der Waals surface area contributed by atoms with Crippen LogP contribution in [0.3, 0.4) is 0 Å². The molecular formula is C13H14N4O4. The van der Waals surface area contributed by atoms with Crippen LogP contribution in [0.4, 0.5) is 11.4 Å². The molecule has 0 aliphatic heterocycles. The molecule has 0 spiro atoms. The lowest BCUT2D eigenvalue weighted by Crippen LogP contribution is -2.20. The summed E-state index contributed by atoms with van der Waals surface area (Å²) in [6.45, 7) is 0.598. The average Bonchev–Trinajstić information content (AvgIpc) is 2.46. The summed E-state index contributed by atoms with van der Waals surface area (Å²) in [6, 6.07) is 6.49. The first-order valence-corrected chi connectivity index (χ1v) is 6.21. The number of fused-ring (bicyclic) bond motifs is 1. The van der Waals surface area contributed by atoms with Crippen LogP contribution in [0.1, 0.15) is 0 Å². The predicted octanol–water partition coefficient (Wildman–Crippen LogP) is 1.06. The lowest BCUT2D eigenvalue weighted by Gasteiger charge is -2.09. The molecule has 3 N–H and O–H groups in total. The van der Waals surface area contributed by atoms with Gasteiger partial charge in [0.2, 0.25) is 5.91 Å². The van der Waals surface area contributed by atoms with Crippen LogP contribution < -0.4 is 11.1 Å². The number of hydrogen-bond donors (Lipinski definition) is 2. The number of nitrogens with zero attached hydrogens (tertiary/aromatic N) is 2. The zero-order chi connectivity index (χ0) is 15.2. The normalized spacial score (nSPS) is 10.5. The van der Waals surface area contributed by atoms with Gasteiger partial charge in [-0.1, -0.05) is 0 Å². The van der Waals surface area contributed by atoms with Gasteiger partial charge in [0.1, 0.15) is 12.1 Å². The number of ether oxygens (including phenoxy) is 1. The van der Waals surface area contributed by atoms with Crippen molar-refractivity contribution in [2.24, 2.45) is 5.73 Å². The summed E-state index contributed by atoms with van der Waals surface area (Å²) in [7, 11) is 0. The molecule has 0 unspecified atom stereocenters. The highest BCUT2D eigenvalue weighted by molar-refractivity contribution is 5.96. The molecule has 8 nitrogen and oxygen atoms in total. The number of primary amides is 1. The number of amides is 1. The standard InChI is InChI=1S/C13H14N4O4/c14-12(18)8-21-7-6-15-10-3-4-11(17(19)20)13-9(10)2-1-5-16-13/h1-5,15H,6-8H2,(H2,14,18). The second-order valence-electron chi connectivity index (χ2n) is 4.23.